The first-order chi connectivity index (χ1) is 9.72. The molecule has 0 aliphatic carbocycles. The Bertz CT molecular complexity index is 836. The quantitative estimate of drug-likeness (QED) is 0.570. The Hall–Kier alpha value is -3.00. The Morgan fingerprint density at radius 2 is 2.10 bits per heavy atom. The average Bonchev–Trinajstić information content (AvgIpc) is 3.09. The van der Waals surface area contributed by atoms with E-state index in [0.717, 1.165) is 11.0 Å². The number of nitriles is 1. The van der Waals surface area contributed by atoms with Crippen molar-refractivity contribution in [3.63, 3.8) is 0 Å². The normalized spacial score (nSPS) is 12.2. The molecular formula is C15H11N3O2. The lowest BCUT2D eigenvalue weighted by Gasteiger charge is -2.02. The van der Waals surface area contributed by atoms with Crippen LogP contribution in [0.3, 0.4) is 0 Å². The number of benzene rings is 1. The number of nitrogens with zero attached hydrogens (tertiary/aromatic N) is 3. The van der Waals surface area contributed by atoms with Crippen LogP contribution in [0.15, 0.2) is 47.1 Å². The van der Waals surface area contributed by atoms with Gasteiger partial charge in [-0.2, -0.15) is 5.26 Å². The van der Waals surface area contributed by atoms with Crippen LogP contribution in [-0.4, -0.2) is 14.7 Å². The predicted octanol–water partition coefficient (Wildman–Crippen LogP) is 3.12. The smallest absolute Gasteiger partial charge is 0.180 e. The number of para-hydroxylation sites is 2. The maximum absolute atomic E-state index is 10.2. The van der Waals surface area contributed by atoms with E-state index in [1.165, 1.54) is 6.26 Å². The number of hydrogen-bond donors (Lipinski definition) is 1. The number of imidazole rings is 1. The highest BCUT2D eigenvalue weighted by Crippen LogP contribution is 2.26. The van der Waals surface area contributed by atoms with E-state index in [2.05, 4.69) is 4.98 Å². The van der Waals surface area contributed by atoms with Crippen molar-refractivity contribution in [1.29, 1.82) is 5.26 Å². The molecule has 2 heterocycles. The zero-order chi connectivity index (χ0) is 14.1. The predicted molar refractivity (Wildman–Crippen MR) is 74.5 cm³/mol. The van der Waals surface area contributed by atoms with E-state index < -0.39 is 0 Å². The lowest BCUT2D eigenvalue weighted by atomic mass is 10.2. The van der Waals surface area contributed by atoms with Crippen LogP contribution in [0.2, 0.25) is 0 Å². The van der Waals surface area contributed by atoms with Gasteiger partial charge in [-0.15, -0.1) is 0 Å². The van der Waals surface area contributed by atoms with Crippen LogP contribution in [0.5, 0.6) is 0 Å². The molecule has 1 N–H and O–H groups in total. The first-order valence-electron chi connectivity index (χ1n) is 6.01. The van der Waals surface area contributed by atoms with Gasteiger partial charge in [0.15, 0.2) is 17.3 Å². The van der Waals surface area contributed by atoms with Crippen LogP contribution in [0.4, 0.5) is 0 Å². The topological polar surface area (TPSA) is 75.0 Å². The number of furan rings is 1. The molecule has 2 aromatic heterocycles. The summed E-state index contributed by atoms with van der Waals surface area (Å²) in [6, 6.07) is 12.8. The Morgan fingerprint density at radius 3 is 2.75 bits per heavy atom. The second-order valence-corrected chi connectivity index (χ2v) is 4.30. The zero-order valence-electron chi connectivity index (χ0n) is 10.7. The lowest BCUT2D eigenvalue weighted by Crippen LogP contribution is -1.98. The molecule has 0 aliphatic rings. The van der Waals surface area contributed by atoms with Gasteiger partial charge in [0.1, 0.15) is 11.6 Å². The number of fused-ring (bicyclic) bond motifs is 1. The first kappa shape index (κ1) is 12.1. The van der Waals surface area contributed by atoms with E-state index >= 15 is 0 Å². The maximum atomic E-state index is 10.2. The van der Waals surface area contributed by atoms with Gasteiger partial charge in [0, 0.05) is 7.05 Å². The summed E-state index contributed by atoms with van der Waals surface area (Å²) in [7, 11) is 1.80. The molecule has 0 aliphatic heterocycles. The van der Waals surface area contributed by atoms with Crippen LogP contribution in [0.1, 0.15) is 11.6 Å². The van der Waals surface area contributed by atoms with E-state index in [1.807, 2.05) is 30.3 Å². The van der Waals surface area contributed by atoms with Crippen LogP contribution < -0.4 is 0 Å². The first-order valence-corrected chi connectivity index (χ1v) is 6.01. The summed E-state index contributed by atoms with van der Waals surface area (Å²) in [5, 5.41) is 19.5. The molecule has 1 aromatic carbocycles. The molecule has 0 saturated carbocycles. The Kier molecular flexibility index (Phi) is 2.77. The Balaban J connectivity index is 2.26. The standard InChI is InChI=1S/C15H11N3O2/c1-18-12-6-3-2-5-11(12)17-15(18)10(9-16)14(19)13-7-4-8-20-13/h2-8,19H,1H3/b14-10-. The van der Waals surface area contributed by atoms with Gasteiger partial charge in [-0.3, -0.25) is 0 Å². The van der Waals surface area contributed by atoms with Crippen LogP contribution >= 0.6 is 0 Å². The monoisotopic (exact) mass is 265 g/mol. The summed E-state index contributed by atoms with van der Waals surface area (Å²) in [6.07, 6.45) is 1.44. The number of hydrogen-bond acceptors (Lipinski definition) is 4. The van der Waals surface area contributed by atoms with E-state index in [4.69, 9.17) is 4.42 Å². The fraction of sp³-hybridized carbons (Fsp3) is 0.0667. The van der Waals surface area contributed by atoms with Crippen molar-refractivity contribution < 1.29 is 9.52 Å². The molecule has 20 heavy (non-hydrogen) atoms. The summed E-state index contributed by atoms with van der Waals surface area (Å²) in [6.45, 7) is 0. The minimum absolute atomic E-state index is 0.0821. The summed E-state index contributed by atoms with van der Waals surface area (Å²) < 4.78 is 6.89. The molecule has 0 fully saturated rings. The SMILES string of the molecule is Cn1c(/C(C#N)=C(\O)c2ccco2)nc2ccccc21. The zero-order valence-corrected chi connectivity index (χ0v) is 10.7. The van der Waals surface area contributed by atoms with E-state index in [1.54, 1.807) is 23.7 Å². The number of rotatable bonds is 2. The van der Waals surface area contributed by atoms with Crippen molar-refractivity contribution in [2.24, 2.45) is 7.05 Å². The van der Waals surface area contributed by atoms with Crippen molar-refractivity contribution in [3.8, 4) is 6.07 Å². The third kappa shape index (κ3) is 1.75. The van der Waals surface area contributed by atoms with Crippen LogP contribution in [-0.2, 0) is 7.05 Å². The lowest BCUT2D eigenvalue weighted by molar-refractivity contribution is 0.460. The highest BCUT2D eigenvalue weighted by atomic mass is 16.4. The molecule has 0 unspecified atom stereocenters. The van der Waals surface area contributed by atoms with Crippen molar-refractivity contribution in [3.05, 3.63) is 54.2 Å². The number of aliphatic hydroxyl groups excluding tert-OH is 1. The van der Waals surface area contributed by atoms with Crippen molar-refractivity contribution in [1.82, 2.24) is 9.55 Å². The molecule has 3 rings (SSSR count). The average molecular weight is 265 g/mol. The highest BCUT2D eigenvalue weighted by molar-refractivity contribution is 5.93. The molecule has 0 spiro atoms. The maximum Gasteiger partial charge on any atom is 0.180 e. The van der Waals surface area contributed by atoms with Gasteiger partial charge < -0.3 is 14.1 Å². The number of allylic oxidation sites excluding steroid dienone is 1. The molecule has 5 heteroatoms. The molecule has 0 saturated heterocycles. The molecule has 0 atom stereocenters. The second-order valence-electron chi connectivity index (χ2n) is 4.30. The van der Waals surface area contributed by atoms with E-state index in [-0.39, 0.29) is 17.1 Å². The van der Waals surface area contributed by atoms with Gasteiger partial charge in [-0.1, -0.05) is 12.1 Å². The van der Waals surface area contributed by atoms with Gasteiger partial charge in [0.25, 0.3) is 0 Å². The van der Waals surface area contributed by atoms with Gasteiger partial charge in [0.2, 0.25) is 0 Å². The van der Waals surface area contributed by atoms with Gasteiger partial charge in [0.05, 0.1) is 17.3 Å². The Labute approximate surface area is 115 Å². The fourth-order valence-corrected chi connectivity index (χ4v) is 2.11. The molecular weight excluding hydrogens is 254 g/mol. The van der Waals surface area contributed by atoms with E-state index in [0.29, 0.717) is 5.82 Å². The minimum atomic E-state index is -0.212. The van der Waals surface area contributed by atoms with Crippen LogP contribution in [0.25, 0.3) is 22.4 Å². The van der Waals surface area contributed by atoms with Crippen molar-refractivity contribution in [2.75, 3.05) is 0 Å². The third-order valence-corrected chi connectivity index (χ3v) is 3.11. The van der Waals surface area contributed by atoms with Crippen LogP contribution in [0, 0.1) is 11.3 Å². The second kappa shape index (κ2) is 4.59. The molecule has 5 nitrogen and oxygen atoms in total. The van der Waals surface area contributed by atoms with Crippen molar-refractivity contribution in [2.45, 2.75) is 0 Å². The molecule has 3 aromatic rings. The third-order valence-electron chi connectivity index (χ3n) is 3.11. The molecule has 0 bridgehead atoms. The summed E-state index contributed by atoms with van der Waals surface area (Å²) >= 11 is 0. The van der Waals surface area contributed by atoms with Crippen molar-refractivity contribution >= 4 is 22.4 Å². The molecule has 0 radical (unpaired) electrons. The molecule has 98 valence electrons. The fourth-order valence-electron chi connectivity index (χ4n) is 2.11. The largest absolute Gasteiger partial charge is 0.503 e. The highest BCUT2D eigenvalue weighted by Gasteiger charge is 2.18. The van der Waals surface area contributed by atoms with Gasteiger partial charge in [-0.25, -0.2) is 4.98 Å². The van der Waals surface area contributed by atoms with Gasteiger partial charge in [-0.05, 0) is 24.3 Å². The summed E-state index contributed by atoms with van der Waals surface area (Å²) in [4.78, 5) is 4.40. The minimum Gasteiger partial charge on any atom is -0.503 e. The number of aromatic nitrogens is 2. The van der Waals surface area contributed by atoms with Gasteiger partial charge >= 0.3 is 0 Å². The molecule has 0 amide bonds. The number of aryl methyl sites for hydroxylation is 1. The number of aliphatic hydroxyl groups is 1. The summed E-state index contributed by atoms with van der Waals surface area (Å²) in [5.74, 6) is 0.437. The Morgan fingerprint density at radius 1 is 1.30 bits per heavy atom. The van der Waals surface area contributed by atoms with E-state index in [9.17, 15) is 10.4 Å². The summed E-state index contributed by atoms with van der Waals surface area (Å²) in [5.41, 5.74) is 1.74.